The lowest BCUT2D eigenvalue weighted by Gasteiger charge is -2.13. The Morgan fingerprint density at radius 3 is 2.47 bits per heavy atom. The summed E-state index contributed by atoms with van der Waals surface area (Å²) in [7, 11) is -1.32. The Bertz CT molecular complexity index is 1500. The van der Waals surface area contributed by atoms with Crippen molar-refractivity contribution in [3.05, 3.63) is 64.7 Å². The van der Waals surface area contributed by atoms with Gasteiger partial charge in [0.15, 0.2) is 17.3 Å². The van der Waals surface area contributed by atoms with Gasteiger partial charge >= 0.3 is 5.97 Å². The summed E-state index contributed by atoms with van der Waals surface area (Å²) >= 11 is 0.754. The van der Waals surface area contributed by atoms with Gasteiger partial charge in [0.25, 0.3) is 10.0 Å². The first-order valence-corrected chi connectivity index (χ1v) is 11.9. The third-order valence-corrected chi connectivity index (χ3v) is 7.17. The molecule has 0 saturated heterocycles. The average Bonchev–Trinajstić information content (AvgIpc) is 3.32. The second-order valence-electron chi connectivity index (χ2n) is 6.80. The number of fused-ring (bicyclic) bond motifs is 1. The molecule has 0 bridgehead atoms. The highest BCUT2D eigenvalue weighted by atomic mass is 32.2. The molecule has 0 aliphatic heterocycles. The Labute approximate surface area is 197 Å². The lowest BCUT2D eigenvalue weighted by atomic mass is 10.2. The molecular formula is C22H17FN2O7S2. The number of rotatable bonds is 8. The molecule has 0 aliphatic carbocycles. The number of thiophene rings is 1. The van der Waals surface area contributed by atoms with Crippen LogP contribution in [0.4, 0.5) is 10.1 Å². The molecule has 0 spiro atoms. The molecule has 12 heteroatoms. The average molecular weight is 505 g/mol. The van der Waals surface area contributed by atoms with Gasteiger partial charge in [0, 0.05) is 23.7 Å². The van der Waals surface area contributed by atoms with Crippen molar-refractivity contribution in [2.24, 2.45) is 0 Å². The van der Waals surface area contributed by atoms with E-state index in [2.05, 4.69) is 9.71 Å². The number of hydrogen-bond donors (Lipinski definition) is 2. The zero-order chi connectivity index (χ0) is 24.5. The van der Waals surface area contributed by atoms with E-state index in [-0.39, 0.29) is 16.3 Å². The zero-order valence-electron chi connectivity index (χ0n) is 17.7. The highest BCUT2D eigenvalue weighted by Gasteiger charge is 2.25. The highest BCUT2D eigenvalue weighted by Crippen LogP contribution is 2.37. The van der Waals surface area contributed by atoms with Gasteiger partial charge in [0.2, 0.25) is 0 Å². The minimum Gasteiger partial charge on any atom is -0.493 e. The number of methoxy groups -OCH3 is 2. The number of benzene rings is 2. The number of halogens is 1. The molecule has 2 aromatic carbocycles. The zero-order valence-corrected chi connectivity index (χ0v) is 19.4. The summed E-state index contributed by atoms with van der Waals surface area (Å²) < 4.78 is 58.4. The summed E-state index contributed by atoms with van der Waals surface area (Å²) in [6.07, 6.45) is 1.52. The third kappa shape index (κ3) is 4.45. The van der Waals surface area contributed by atoms with Gasteiger partial charge < -0.3 is 19.3 Å². The Morgan fingerprint density at radius 2 is 1.79 bits per heavy atom. The molecule has 2 aromatic heterocycles. The lowest BCUT2D eigenvalue weighted by molar-refractivity contribution is 0.0698. The van der Waals surface area contributed by atoms with Crippen LogP contribution in [0, 0.1) is 5.82 Å². The Morgan fingerprint density at radius 1 is 1.06 bits per heavy atom. The maximum absolute atomic E-state index is 14.7. The number of carbonyl (C=O) groups is 1. The number of ether oxygens (including phenoxy) is 3. The van der Waals surface area contributed by atoms with E-state index in [1.807, 2.05) is 0 Å². The summed E-state index contributed by atoms with van der Waals surface area (Å²) in [4.78, 5) is 14.7. The summed E-state index contributed by atoms with van der Waals surface area (Å²) in [6, 6.07) is 9.65. The van der Waals surface area contributed by atoms with E-state index in [9.17, 15) is 17.6 Å². The molecule has 0 amide bonds. The van der Waals surface area contributed by atoms with Gasteiger partial charge in [-0.05, 0) is 35.7 Å². The molecule has 0 saturated carbocycles. The van der Waals surface area contributed by atoms with Crippen LogP contribution < -0.4 is 18.9 Å². The van der Waals surface area contributed by atoms with Crippen LogP contribution in [0.2, 0.25) is 0 Å². The largest absolute Gasteiger partial charge is 0.493 e. The van der Waals surface area contributed by atoms with Crippen LogP contribution in [0.5, 0.6) is 23.0 Å². The SMILES string of the molecule is COc1cc2nccc(Oc3ccc(NS(=O)(=O)c4ccsc4C(=O)O)c(F)c3)c2cc1OC. The van der Waals surface area contributed by atoms with Gasteiger partial charge in [0.05, 0.1) is 25.4 Å². The minimum atomic E-state index is -4.32. The van der Waals surface area contributed by atoms with Crippen molar-refractivity contribution in [1.29, 1.82) is 0 Å². The Hall–Kier alpha value is -3.90. The number of aromatic carboxylic acids is 1. The smallest absolute Gasteiger partial charge is 0.347 e. The first-order chi connectivity index (χ1) is 16.2. The van der Waals surface area contributed by atoms with Gasteiger partial charge in [0.1, 0.15) is 21.3 Å². The normalized spacial score (nSPS) is 11.3. The first-order valence-electron chi connectivity index (χ1n) is 9.55. The summed E-state index contributed by atoms with van der Waals surface area (Å²) in [5, 5.41) is 11.1. The summed E-state index contributed by atoms with van der Waals surface area (Å²) in [6.45, 7) is 0. The molecule has 0 unspecified atom stereocenters. The van der Waals surface area contributed by atoms with Crippen molar-refractivity contribution in [3.63, 3.8) is 0 Å². The van der Waals surface area contributed by atoms with Crippen LogP contribution in [-0.4, -0.2) is 38.7 Å². The fraction of sp³-hybridized carbons (Fsp3) is 0.0909. The quantitative estimate of drug-likeness (QED) is 0.353. The maximum atomic E-state index is 14.7. The number of carboxylic acid groups (broad SMARTS) is 1. The highest BCUT2D eigenvalue weighted by molar-refractivity contribution is 7.93. The van der Waals surface area contributed by atoms with Gasteiger partial charge in [-0.1, -0.05) is 0 Å². The van der Waals surface area contributed by atoms with E-state index in [1.165, 1.54) is 37.9 Å². The molecule has 34 heavy (non-hydrogen) atoms. The molecule has 4 aromatic rings. The first kappa shape index (κ1) is 23.3. The van der Waals surface area contributed by atoms with Gasteiger partial charge in [-0.3, -0.25) is 9.71 Å². The molecular weight excluding hydrogens is 487 g/mol. The van der Waals surface area contributed by atoms with Crippen LogP contribution in [0.1, 0.15) is 9.67 Å². The fourth-order valence-corrected chi connectivity index (χ4v) is 5.50. The number of nitrogens with one attached hydrogen (secondary N) is 1. The van der Waals surface area contributed by atoms with Crippen LogP contribution in [-0.2, 0) is 10.0 Å². The van der Waals surface area contributed by atoms with Gasteiger partial charge in [-0.15, -0.1) is 11.3 Å². The molecule has 0 atom stereocenters. The lowest BCUT2D eigenvalue weighted by Crippen LogP contribution is -2.16. The molecule has 0 radical (unpaired) electrons. The number of pyridine rings is 1. The van der Waals surface area contributed by atoms with Crippen LogP contribution in [0.25, 0.3) is 10.9 Å². The number of aromatic nitrogens is 1. The second kappa shape index (κ2) is 9.15. The number of hydrogen-bond acceptors (Lipinski definition) is 8. The molecule has 176 valence electrons. The molecule has 0 fully saturated rings. The van der Waals surface area contributed by atoms with Crippen molar-refractivity contribution in [1.82, 2.24) is 4.98 Å². The van der Waals surface area contributed by atoms with Crippen LogP contribution in [0.3, 0.4) is 0 Å². The minimum absolute atomic E-state index is 0.101. The third-order valence-electron chi connectivity index (χ3n) is 4.73. The predicted octanol–water partition coefficient (Wildman–Crippen LogP) is 4.74. The van der Waals surface area contributed by atoms with Crippen molar-refractivity contribution in [3.8, 4) is 23.0 Å². The summed E-state index contributed by atoms with van der Waals surface area (Å²) in [5.74, 6) is -0.895. The number of anilines is 1. The van der Waals surface area contributed by atoms with Crippen molar-refractivity contribution >= 4 is 43.9 Å². The number of nitrogens with zero attached hydrogens (tertiary/aromatic N) is 1. The van der Waals surface area contributed by atoms with Crippen molar-refractivity contribution < 1.29 is 36.9 Å². The van der Waals surface area contributed by atoms with E-state index >= 15 is 0 Å². The Kier molecular flexibility index (Phi) is 6.26. The van der Waals surface area contributed by atoms with Crippen LogP contribution >= 0.6 is 11.3 Å². The van der Waals surface area contributed by atoms with E-state index in [1.54, 1.807) is 18.2 Å². The fourth-order valence-electron chi connectivity index (χ4n) is 3.17. The maximum Gasteiger partial charge on any atom is 0.347 e. The van der Waals surface area contributed by atoms with E-state index in [4.69, 9.17) is 19.3 Å². The molecule has 2 heterocycles. The van der Waals surface area contributed by atoms with Gasteiger partial charge in [-0.2, -0.15) is 0 Å². The van der Waals surface area contributed by atoms with Crippen molar-refractivity contribution in [2.75, 3.05) is 18.9 Å². The van der Waals surface area contributed by atoms with E-state index in [0.29, 0.717) is 28.2 Å². The summed E-state index contributed by atoms with van der Waals surface area (Å²) in [5.41, 5.74) is 0.200. The van der Waals surface area contributed by atoms with E-state index in [0.717, 1.165) is 23.5 Å². The molecule has 9 nitrogen and oxygen atoms in total. The second-order valence-corrected chi connectivity index (χ2v) is 9.37. The number of carboxylic acids is 1. The van der Waals surface area contributed by atoms with E-state index < -0.39 is 26.7 Å². The van der Waals surface area contributed by atoms with Gasteiger partial charge in [-0.25, -0.2) is 17.6 Å². The standard InChI is InChI=1S/C22H17FN2O7S2/c1-30-18-10-13-16(11-19(18)31-2)24-7-5-17(13)32-12-3-4-15(14(23)9-12)25-34(28,29)20-6-8-33-21(20)22(26)27/h3-11,25H,1-2H3,(H,26,27). The number of sulfonamides is 1. The monoisotopic (exact) mass is 504 g/mol. The molecule has 4 rings (SSSR count). The topological polar surface area (TPSA) is 124 Å². The molecule has 0 aliphatic rings. The van der Waals surface area contributed by atoms with Crippen LogP contribution in [0.15, 0.2) is 58.9 Å². The molecule has 2 N–H and O–H groups in total. The Balaban J connectivity index is 1.63. The van der Waals surface area contributed by atoms with Crippen molar-refractivity contribution in [2.45, 2.75) is 4.90 Å². The predicted molar refractivity (Wildman–Crippen MR) is 123 cm³/mol.